The van der Waals surface area contributed by atoms with E-state index in [1.807, 2.05) is 0 Å². The fraction of sp³-hybridized carbons (Fsp3) is 0.375. The summed E-state index contributed by atoms with van der Waals surface area (Å²) < 4.78 is 26.6. The van der Waals surface area contributed by atoms with Gasteiger partial charge in [-0.3, -0.25) is 0 Å². The molecule has 2 aromatic rings. The molecular weight excluding hydrogens is 286 g/mol. The molecule has 0 atom stereocenters. The first-order chi connectivity index (χ1) is 10.6. The van der Waals surface area contributed by atoms with Gasteiger partial charge in [-0.2, -0.15) is 4.98 Å². The van der Waals surface area contributed by atoms with Crippen molar-refractivity contribution in [2.24, 2.45) is 0 Å². The van der Waals surface area contributed by atoms with Gasteiger partial charge in [-0.1, -0.05) is 13.8 Å². The molecule has 1 aromatic heterocycles. The summed E-state index contributed by atoms with van der Waals surface area (Å²) in [7, 11) is 0. The molecule has 0 amide bonds. The van der Waals surface area contributed by atoms with E-state index in [0.29, 0.717) is 11.8 Å². The van der Waals surface area contributed by atoms with Gasteiger partial charge in [0.1, 0.15) is 17.5 Å². The van der Waals surface area contributed by atoms with Crippen molar-refractivity contribution < 1.29 is 8.78 Å². The summed E-state index contributed by atoms with van der Waals surface area (Å²) in [5.41, 5.74) is 0.184. The molecule has 0 saturated heterocycles. The van der Waals surface area contributed by atoms with Gasteiger partial charge in [-0.25, -0.2) is 13.8 Å². The third-order valence-electron chi connectivity index (χ3n) is 3.11. The monoisotopic (exact) mass is 306 g/mol. The fourth-order valence-electron chi connectivity index (χ4n) is 2.15. The topological polar surface area (TPSA) is 41.1 Å². The van der Waals surface area contributed by atoms with E-state index in [0.717, 1.165) is 32.0 Å². The third kappa shape index (κ3) is 4.13. The average Bonchev–Trinajstić information content (AvgIpc) is 2.50. The normalized spacial score (nSPS) is 10.5. The van der Waals surface area contributed by atoms with Crippen LogP contribution in [0.1, 0.15) is 26.7 Å². The van der Waals surface area contributed by atoms with Crippen LogP contribution < -0.4 is 10.2 Å². The SMILES string of the molecule is CCCN(CCC)c1nccc(Nc2ccc(F)cc2F)n1. The molecule has 0 aliphatic rings. The number of aromatic nitrogens is 2. The van der Waals surface area contributed by atoms with E-state index < -0.39 is 11.6 Å². The smallest absolute Gasteiger partial charge is 0.227 e. The van der Waals surface area contributed by atoms with Crippen LogP contribution in [-0.2, 0) is 0 Å². The lowest BCUT2D eigenvalue weighted by Gasteiger charge is -2.21. The summed E-state index contributed by atoms with van der Waals surface area (Å²) in [6.07, 6.45) is 3.62. The van der Waals surface area contributed by atoms with Crippen molar-refractivity contribution in [1.29, 1.82) is 0 Å². The van der Waals surface area contributed by atoms with Crippen molar-refractivity contribution >= 4 is 17.5 Å². The predicted octanol–water partition coefficient (Wildman–Crippen LogP) is 4.12. The van der Waals surface area contributed by atoms with Crippen LogP contribution in [0, 0.1) is 11.6 Å². The maximum Gasteiger partial charge on any atom is 0.227 e. The molecule has 0 aliphatic heterocycles. The predicted molar refractivity (Wildman–Crippen MR) is 84.5 cm³/mol. The lowest BCUT2D eigenvalue weighted by molar-refractivity contribution is 0.586. The Bertz CT molecular complexity index is 613. The molecule has 1 heterocycles. The number of rotatable bonds is 7. The Morgan fingerprint density at radius 1 is 1.09 bits per heavy atom. The highest BCUT2D eigenvalue weighted by Crippen LogP contribution is 2.20. The van der Waals surface area contributed by atoms with Crippen molar-refractivity contribution in [2.75, 3.05) is 23.3 Å². The molecule has 118 valence electrons. The minimum Gasteiger partial charge on any atom is -0.341 e. The lowest BCUT2D eigenvalue weighted by Crippen LogP contribution is -2.27. The number of benzene rings is 1. The number of hydrogen-bond donors (Lipinski definition) is 1. The summed E-state index contributed by atoms with van der Waals surface area (Å²) in [5, 5.41) is 2.86. The van der Waals surface area contributed by atoms with Crippen LogP contribution in [0.3, 0.4) is 0 Å². The van der Waals surface area contributed by atoms with Crippen LogP contribution in [0.25, 0.3) is 0 Å². The largest absolute Gasteiger partial charge is 0.341 e. The van der Waals surface area contributed by atoms with E-state index in [-0.39, 0.29) is 5.69 Å². The molecule has 0 aliphatic carbocycles. The van der Waals surface area contributed by atoms with E-state index in [1.165, 1.54) is 12.1 Å². The second kappa shape index (κ2) is 7.68. The maximum absolute atomic E-state index is 13.7. The molecule has 0 fully saturated rings. The van der Waals surface area contributed by atoms with E-state index in [4.69, 9.17) is 0 Å². The Hall–Kier alpha value is -2.24. The zero-order valence-electron chi connectivity index (χ0n) is 12.8. The molecule has 4 nitrogen and oxygen atoms in total. The molecular formula is C16H20F2N4. The third-order valence-corrected chi connectivity index (χ3v) is 3.11. The van der Waals surface area contributed by atoms with Crippen molar-refractivity contribution in [3.63, 3.8) is 0 Å². The molecule has 0 unspecified atom stereocenters. The first-order valence-corrected chi connectivity index (χ1v) is 7.44. The maximum atomic E-state index is 13.7. The highest BCUT2D eigenvalue weighted by Gasteiger charge is 2.10. The van der Waals surface area contributed by atoms with E-state index in [1.54, 1.807) is 12.3 Å². The van der Waals surface area contributed by atoms with E-state index in [9.17, 15) is 8.78 Å². The molecule has 22 heavy (non-hydrogen) atoms. The summed E-state index contributed by atoms with van der Waals surface area (Å²) >= 11 is 0. The second-order valence-electron chi connectivity index (χ2n) is 4.98. The Balaban J connectivity index is 2.20. The summed E-state index contributed by atoms with van der Waals surface area (Å²) in [5.74, 6) is -0.174. The van der Waals surface area contributed by atoms with Gasteiger partial charge >= 0.3 is 0 Å². The Kier molecular flexibility index (Phi) is 5.63. The van der Waals surface area contributed by atoms with E-state index in [2.05, 4.69) is 34.0 Å². The van der Waals surface area contributed by atoms with Crippen molar-refractivity contribution in [3.05, 3.63) is 42.1 Å². The van der Waals surface area contributed by atoms with Gasteiger partial charge in [0, 0.05) is 25.4 Å². The number of hydrogen-bond acceptors (Lipinski definition) is 4. The van der Waals surface area contributed by atoms with Crippen molar-refractivity contribution in [3.8, 4) is 0 Å². The van der Waals surface area contributed by atoms with Crippen LogP contribution >= 0.6 is 0 Å². The average molecular weight is 306 g/mol. The first-order valence-electron chi connectivity index (χ1n) is 7.44. The molecule has 0 saturated carbocycles. The Morgan fingerprint density at radius 3 is 2.45 bits per heavy atom. The van der Waals surface area contributed by atoms with Gasteiger partial charge in [0.15, 0.2) is 0 Å². The summed E-state index contributed by atoms with van der Waals surface area (Å²) in [4.78, 5) is 10.8. The van der Waals surface area contributed by atoms with Gasteiger partial charge in [-0.05, 0) is 31.0 Å². The van der Waals surface area contributed by atoms with Gasteiger partial charge in [0.2, 0.25) is 5.95 Å². The number of nitrogens with zero attached hydrogens (tertiary/aromatic N) is 3. The standard InChI is InChI=1S/C16H20F2N4/c1-3-9-22(10-4-2)16-19-8-7-15(21-16)20-14-6-5-12(17)11-13(14)18/h5-8,11H,3-4,9-10H2,1-2H3,(H,19,20,21). The summed E-state index contributed by atoms with van der Waals surface area (Å²) in [6.45, 7) is 5.92. The van der Waals surface area contributed by atoms with Crippen molar-refractivity contribution in [1.82, 2.24) is 9.97 Å². The van der Waals surface area contributed by atoms with Gasteiger partial charge < -0.3 is 10.2 Å². The van der Waals surface area contributed by atoms with Gasteiger partial charge in [0.05, 0.1) is 5.69 Å². The zero-order chi connectivity index (χ0) is 15.9. The molecule has 1 N–H and O–H groups in total. The number of halogens is 2. The Labute approximate surface area is 129 Å². The van der Waals surface area contributed by atoms with Crippen LogP contribution in [0.15, 0.2) is 30.5 Å². The van der Waals surface area contributed by atoms with Crippen molar-refractivity contribution in [2.45, 2.75) is 26.7 Å². The van der Waals surface area contributed by atoms with Crippen LogP contribution in [0.4, 0.5) is 26.2 Å². The van der Waals surface area contributed by atoms with Crippen LogP contribution in [0.2, 0.25) is 0 Å². The van der Waals surface area contributed by atoms with Gasteiger partial charge in [0.25, 0.3) is 0 Å². The molecule has 0 radical (unpaired) electrons. The quantitative estimate of drug-likeness (QED) is 0.835. The zero-order valence-corrected chi connectivity index (χ0v) is 12.8. The highest BCUT2D eigenvalue weighted by molar-refractivity contribution is 5.57. The molecule has 2 rings (SSSR count). The number of anilines is 3. The molecule has 1 aromatic carbocycles. The highest BCUT2D eigenvalue weighted by atomic mass is 19.1. The van der Waals surface area contributed by atoms with Gasteiger partial charge in [-0.15, -0.1) is 0 Å². The lowest BCUT2D eigenvalue weighted by atomic mass is 10.3. The first kappa shape index (κ1) is 16.1. The minimum atomic E-state index is -0.654. The van der Waals surface area contributed by atoms with E-state index >= 15 is 0 Å². The molecule has 6 heteroatoms. The van der Waals surface area contributed by atoms with Crippen LogP contribution in [-0.4, -0.2) is 23.1 Å². The molecule has 0 bridgehead atoms. The number of nitrogens with one attached hydrogen (secondary N) is 1. The minimum absolute atomic E-state index is 0.184. The summed E-state index contributed by atoms with van der Waals surface area (Å²) in [6, 6.07) is 5.05. The Morgan fingerprint density at radius 2 is 1.82 bits per heavy atom. The second-order valence-corrected chi connectivity index (χ2v) is 4.98. The van der Waals surface area contributed by atoms with Crippen LogP contribution in [0.5, 0.6) is 0 Å². The fourth-order valence-corrected chi connectivity index (χ4v) is 2.15. The molecule has 0 spiro atoms.